The second-order valence-electron chi connectivity index (χ2n) is 6.54. The molecule has 2 aliphatic rings. The van der Waals surface area contributed by atoms with Crippen LogP contribution in [0.1, 0.15) is 41.7 Å². The Balaban J connectivity index is 1.66. The fourth-order valence-corrected chi connectivity index (χ4v) is 4.42. The SMILES string of the molecule is CCc1n[nH]c2c1CN(C(=O)C1=C(C)NC(=O)N[C@H]1c1cccs1)CC2. The number of hydrogen-bond acceptors (Lipinski definition) is 4. The lowest BCUT2D eigenvalue weighted by atomic mass is 9.97. The van der Waals surface area contributed by atoms with E-state index in [2.05, 4.69) is 27.8 Å². The van der Waals surface area contributed by atoms with E-state index in [0.717, 1.165) is 34.7 Å². The number of allylic oxidation sites excluding steroid dienone is 1. The van der Waals surface area contributed by atoms with Gasteiger partial charge in [0.05, 0.1) is 17.3 Å². The summed E-state index contributed by atoms with van der Waals surface area (Å²) in [6, 6.07) is 3.19. The van der Waals surface area contributed by atoms with E-state index < -0.39 is 6.04 Å². The van der Waals surface area contributed by atoms with Crippen LogP contribution in [0.4, 0.5) is 4.79 Å². The average molecular weight is 371 g/mol. The van der Waals surface area contributed by atoms with Gasteiger partial charge in [-0.15, -0.1) is 11.3 Å². The molecule has 0 saturated carbocycles. The molecule has 26 heavy (non-hydrogen) atoms. The number of carbonyl (C=O) groups excluding carboxylic acids is 2. The van der Waals surface area contributed by atoms with Crippen molar-refractivity contribution >= 4 is 23.3 Å². The Morgan fingerprint density at radius 3 is 3.04 bits per heavy atom. The Bertz CT molecular complexity index is 870. The minimum absolute atomic E-state index is 0.0395. The lowest BCUT2D eigenvalue weighted by Crippen LogP contribution is -2.48. The predicted molar refractivity (Wildman–Crippen MR) is 98.5 cm³/mol. The fourth-order valence-electron chi connectivity index (χ4n) is 3.64. The zero-order valence-corrected chi connectivity index (χ0v) is 15.6. The number of carbonyl (C=O) groups is 2. The van der Waals surface area contributed by atoms with Crippen LogP contribution in [0.5, 0.6) is 0 Å². The van der Waals surface area contributed by atoms with Crippen molar-refractivity contribution in [3.05, 3.63) is 50.6 Å². The zero-order chi connectivity index (χ0) is 18.3. The second-order valence-corrected chi connectivity index (χ2v) is 7.52. The highest BCUT2D eigenvalue weighted by molar-refractivity contribution is 7.10. The molecule has 2 aromatic heterocycles. The Hall–Kier alpha value is -2.61. The molecule has 8 heteroatoms. The van der Waals surface area contributed by atoms with Crippen LogP contribution in [0, 0.1) is 0 Å². The minimum atomic E-state index is -0.410. The van der Waals surface area contributed by atoms with Crippen LogP contribution in [0.25, 0.3) is 0 Å². The summed E-state index contributed by atoms with van der Waals surface area (Å²) in [5.74, 6) is -0.0395. The van der Waals surface area contributed by atoms with Gasteiger partial charge in [0.15, 0.2) is 0 Å². The lowest BCUT2D eigenvalue weighted by molar-refractivity contribution is -0.128. The summed E-state index contributed by atoms with van der Waals surface area (Å²) in [6.07, 6.45) is 1.61. The third-order valence-electron chi connectivity index (χ3n) is 4.97. The fraction of sp³-hybridized carbons (Fsp3) is 0.389. The van der Waals surface area contributed by atoms with Gasteiger partial charge in [-0.1, -0.05) is 13.0 Å². The van der Waals surface area contributed by atoms with Crippen LogP contribution in [-0.4, -0.2) is 33.6 Å². The number of nitrogens with zero attached hydrogens (tertiary/aromatic N) is 2. The average Bonchev–Trinajstić information content (AvgIpc) is 3.29. The number of hydrogen-bond donors (Lipinski definition) is 3. The summed E-state index contributed by atoms with van der Waals surface area (Å²) >= 11 is 1.53. The first kappa shape index (κ1) is 16.8. The Morgan fingerprint density at radius 2 is 2.31 bits per heavy atom. The van der Waals surface area contributed by atoms with E-state index >= 15 is 0 Å². The van der Waals surface area contributed by atoms with E-state index in [0.29, 0.717) is 24.4 Å². The number of nitrogens with one attached hydrogen (secondary N) is 3. The van der Waals surface area contributed by atoms with Crippen molar-refractivity contribution in [2.24, 2.45) is 0 Å². The molecule has 136 valence electrons. The van der Waals surface area contributed by atoms with Crippen LogP contribution in [0.2, 0.25) is 0 Å². The van der Waals surface area contributed by atoms with Gasteiger partial charge in [0, 0.05) is 41.3 Å². The predicted octanol–water partition coefficient (Wildman–Crippen LogP) is 2.25. The molecule has 7 nitrogen and oxygen atoms in total. The largest absolute Gasteiger partial charge is 0.334 e. The summed E-state index contributed by atoms with van der Waals surface area (Å²) in [4.78, 5) is 28.1. The molecule has 3 amide bonds. The van der Waals surface area contributed by atoms with Gasteiger partial charge in [-0.05, 0) is 24.8 Å². The van der Waals surface area contributed by atoms with Gasteiger partial charge in [-0.2, -0.15) is 5.10 Å². The molecule has 2 aromatic rings. The molecule has 3 N–H and O–H groups in total. The van der Waals surface area contributed by atoms with Crippen molar-refractivity contribution in [2.45, 2.75) is 39.3 Å². The number of fused-ring (bicyclic) bond motifs is 1. The van der Waals surface area contributed by atoms with Crippen LogP contribution in [0.15, 0.2) is 28.8 Å². The molecule has 0 spiro atoms. The standard InChI is InChI=1S/C18H21N5O2S/c1-3-12-11-9-23(7-6-13(11)22-21-12)17(24)15-10(2)19-18(25)20-16(15)14-5-4-8-26-14/h4-5,8,16H,3,6-7,9H2,1-2H3,(H,21,22)(H2,19,20,25)/t16-/m0/s1. The molecule has 4 rings (SSSR count). The number of urea groups is 1. The van der Waals surface area contributed by atoms with Crippen LogP contribution in [-0.2, 0) is 24.2 Å². The van der Waals surface area contributed by atoms with Crippen LogP contribution >= 0.6 is 11.3 Å². The first-order valence-corrected chi connectivity index (χ1v) is 9.62. The zero-order valence-electron chi connectivity index (χ0n) is 14.8. The smallest absolute Gasteiger partial charge is 0.319 e. The molecule has 0 fully saturated rings. The van der Waals surface area contributed by atoms with Crippen molar-refractivity contribution in [2.75, 3.05) is 6.54 Å². The molecule has 0 unspecified atom stereocenters. The molecule has 1 atom stereocenters. The number of aromatic nitrogens is 2. The van der Waals surface area contributed by atoms with Gasteiger partial charge in [0.25, 0.3) is 5.91 Å². The van der Waals surface area contributed by atoms with E-state index in [9.17, 15) is 9.59 Å². The number of aromatic amines is 1. The number of aryl methyl sites for hydroxylation is 1. The van der Waals surface area contributed by atoms with Gasteiger partial charge in [0.1, 0.15) is 0 Å². The molecule has 0 saturated heterocycles. The lowest BCUT2D eigenvalue weighted by Gasteiger charge is -2.33. The summed E-state index contributed by atoms with van der Waals surface area (Å²) in [6.45, 7) is 5.05. The molecule has 4 heterocycles. The van der Waals surface area contributed by atoms with Crippen molar-refractivity contribution in [1.29, 1.82) is 0 Å². The highest BCUT2D eigenvalue weighted by Crippen LogP contribution is 2.32. The molecule has 2 aliphatic heterocycles. The number of thiophene rings is 1. The van der Waals surface area contributed by atoms with Crippen molar-refractivity contribution < 1.29 is 9.59 Å². The number of H-pyrrole nitrogens is 1. The van der Waals surface area contributed by atoms with Crippen LogP contribution in [0.3, 0.4) is 0 Å². The van der Waals surface area contributed by atoms with Crippen LogP contribution < -0.4 is 10.6 Å². The van der Waals surface area contributed by atoms with Gasteiger partial charge in [-0.3, -0.25) is 9.89 Å². The van der Waals surface area contributed by atoms with E-state index in [4.69, 9.17) is 0 Å². The topological polar surface area (TPSA) is 90.1 Å². The maximum absolute atomic E-state index is 13.4. The number of amides is 3. The summed E-state index contributed by atoms with van der Waals surface area (Å²) in [5, 5.41) is 15.0. The summed E-state index contributed by atoms with van der Waals surface area (Å²) in [5.41, 5.74) is 4.50. The normalized spacial score (nSPS) is 19.8. The Labute approximate surface area is 155 Å². The van der Waals surface area contributed by atoms with E-state index in [1.165, 1.54) is 11.3 Å². The molecular weight excluding hydrogens is 350 g/mol. The highest BCUT2D eigenvalue weighted by Gasteiger charge is 2.35. The summed E-state index contributed by atoms with van der Waals surface area (Å²) in [7, 11) is 0. The molecule has 0 aliphatic carbocycles. The van der Waals surface area contributed by atoms with Gasteiger partial charge < -0.3 is 15.5 Å². The molecule has 0 radical (unpaired) electrons. The monoisotopic (exact) mass is 371 g/mol. The van der Waals surface area contributed by atoms with Crippen molar-refractivity contribution in [3.8, 4) is 0 Å². The van der Waals surface area contributed by atoms with Crippen molar-refractivity contribution in [1.82, 2.24) is 25.7 Å². The number of rotatable bonds is 3. The first-order valence-electron chi connectivity index (χ1n) is 8.74. The van der Waals surface area contributed by atoms with Gasteiger partial charge >= 0.3 is 6.03 Å². The van der Waals surface area contributed by atoms with E-state index in [-0.39, 0.29) is 11.9 Å². The molecular formula is C18H21N5O2S. The van der Waals surface area contributed by atoms with Gasteiger partial charge in [0.2, 0.25) is 0 Å². The third-order valence-corrected chi connectivity index (χ3v) is 5.91. The maximum atomic E-state index is 13.4. The Kier molecular flexibility index (Phi) is 4.28. The highest BCUT2D eigenvalue weighted by atomic mass is 32.1. The summed E-state index contributed by atoms with van der Waals surface area (Å²) < 4.78 is 0. The Morgan fingerprint density at radius 1 is 1.46 bits per heavy atom. The van der Waals surface area contributed by atoms with Crippen molar-refractivity contribution in [3.63, 3.8) is 0 Å². The molecule has 0 aromatic carbocycles. The second kappa shape index (κ2) is 6.60. The minimum Gasteiger partial charge on any atom is -0.334 e. The first-order chi connectivity index (χ1) is 12.6. The quantitative estimate of drug-likeness (QED) is 0.773. The van der Waals surface area contributed by atoms with E-state index in [1.54, 1.807) is 6.92 Å². The van der Waals surface area contributed by atoms with Gasteiger partial charge in [-0.25, -0.2) is 4.79 Å². The van der Waals surface area contributed by atoms with E-state index in [1.807, 2.05) is 22.4 Å². The molecule has 0 bridgehead atoms. The maximum Gasteiger partial charge on any atom is 0.319 e. The third kappa shape index (κ3) is 2.80.